The van der Waals surface area contributed by atoms with E-state index in [1.165, 1.54) is 5.57 Å². The zero-order chi connectivity index (χ0) is 21.5. The Hall–Kier alpha value is -2.38. The minimum absolute atomic E-state index is 0.0334. The maximum absolute atomic E-state index is 14.0. The van der Waals surface area contributed by atoms with Gasteiger partial charge in [-0.2, -0.15) is 0 Å². The van der Waals surface area contributed by atoms with Gasteiger partial charge in [-0.15, -0.1) is 0 Å². The highest BCUT2D eigenvalue weighted by Crippen LogP contribution is 2.61. The molecule has 164 valence electrons. The van der Waals surface area contributed by atoms with E-state index in [1.807, 2.05) is 17.0 Å². The number of hydrogen-bond donors (Lipinski definition) is 0. The van der Waals surface area contributed by atoms with E-state index in [0.717, 1.165) is 24.3 Å². The largest absolute Gasteiger partial charge is 0.493 e. The smallest absolute Gasteiger partial charge is 0.229 e. The molecule has 0 aromatic heterocycles. The molecule has 5 atom stereocenters. The van der Waals surface area contributed by atoms with E-state index in [1.54, 1.807) is 14.2 Å². The van der Waals surface area contributed by atoms with Gasteiger partial charge in [-0.1, -0.05) is 11.6 Å². The molecule has 0 spiro atoms. The fraction of sp³-hybridized carbons (Fsp3) is 0.583. The van der Waals surface area contributed by atoms with Crippen molar-refractivity contribution in [2.75, 3.05) is 45.9 Å². The molecular formula is C24H28N2O5. The van der Waals surface area contributed by atoms with E-state index in [0.29, 0.717) is 37.4 Å². The number of piperidine rings is 1. The van der Waals surface area contributed by atoms with E-state index in [9.17, 15) is 9.59 Å². The van der Waals surface area contributed by atoms with Gasteiger partial charge in [0.25, 0.3) is 0 Å². The SMILES string of the molecule is COc1cc2c(cc1OC)C13CCN(C)CC4=CCO[C@H]5CC(=O)N2C1[C@H]5[C@H]4CC3=O. The molecule has 0 radical (unpaired) electrons. The van der Waals surface area contributed by atoms with Crippen LogP contribution in [-0.2, 0) is 19.7 Å². The summed E-state index contributed by atoms with van der Waals surface area (Å²) in [5, 5.41) is 0. The average Bonchev–Trinajstić information content (AvgIpc) is 2.99. The summed E-state index contributed by atoms with van der Waals surface area (Å²) in [6.45, 7) is 2.15. The highest BCUT2D eigenvalue weighted by Gasteiger charge is 2.67. The molecule has 4 aliphatic heterocycles. The molecule has 3 fully saturated rings. The predicted molar refractivity (Wildman–Crippen MR) is 114 cm³/mol. The number of carbonyl (C=O) groups excluding carboxylic acids is 2. The van der Waals surface area contributed by atoms with Gasteiger partial charge in [0.1, 0.15) is 5.78 Å². The van der Waals surface area contributed by atoms with Gasteiger partial charge in [-0.25, -0.2) is 0 Å². The number of likely N-dealkylation sites (N-methyl/N-ethyl adjacent to an activating group) is 1. The zero-order valence-corrected chi connectivity index (χ0v) is 18.2. The first-order chi connectivity index (χ1) is 15.0. The van der Waals surface area contributed by atoms with E-state index in [-0.39, 0.29) is 35.7 Å². The molecule has 6 rings (SSSR count). The van der Waals surface area contributed by atoms with Crippen molar-refractivity contribution in [3.63, 3.8) is 0 Å². The number of rotatable bonds is 2. The van der Waals surface area contributed by atoms with Gasteiger partial charge in [0.2, 0.25) is 5.91 Å². The monoisotopic (exact) mass is 424 g/mol. The molecule has 2 saturated heterocycles. The fourth-order valence-electron chi connectivity index (χ4n) is 7.01. The van der Waals surface area contributed by atoms with E-state index in [4.69, 9.17) is 14.2 Å². The number of benzene rings is 1. The van der Waals surface area contributed by atoms with Crippen LogP contribution < -0.4 is 14.4 Å². The second-order valence-electron chi connectivity index (χ2n) is 9.56. The van der Waals surface area contributed by atoms with Crippen molar-refractivity contribution in [1.82, 2.24) is 4.90 Å². The molecule has 4 heterocycles. The van der Waals surface area contributed by atoms with Crippen LogP contribution in [0.4, 0.5) is 5.69 Å². The van der Waals surface area contributed by atoms with Crippen LogP contribution in [0.25, 0.3) is 0 Å². The topological polar surface area (TPSA) is 68.3 Å². The van der Waals surface area contributed by atoms with Gasteiger partial charge in [0, 0.05) is 24.9 Å². The van der Waals surface area contributed by atoms with Gasteiger partial charge < -0.3 is 24.0 Å². The van der Waals surface area contributed by atoms with Gasteiger partial charge in [0.05, 0.1) is 50.5 Å². The molecule has 1 aliphatic carbocycles. The van der Waals surface area contributed by atoms with Crippen LogP contribution in [0.2, 0.25) is 0 Å². The molecule has 0 N–H and O–H groups in total. The summed E-state index contributed by atoms with van der Waals surface area (Å²) in [6.07, 6.45) is 3.56. The second-order valence-corrected chi connectivity index (χ2v) is 9.56. The van der Waals surface area contributed by atoms with Crippen molar-refractivity contribution in [3.05, 3.63) is 29.3 Å². The first kappa shape index (κ1) is 19.3. The van der Waals surface area contributed by atoms with Crippen LogP contribution in [0.15, 0.2) is 23.8 Å². The van der Waals surface area contributed by atoms with Crippen molar-refractivity contribution in [2.24, 2.45) is 11.8 Å². The number of methoxy groups -OCH3 is 2. The first-order valence-corrected chi connectivity index (χ1v) is 11.1. The lowest BCUT2D eigenvalue weighted by atomic mass is 9.55. The van der Waals surface area contributed by atoms with Crippen LogP contribution in [0.1, 0.15) is 24.8 Å². The molecule has 31 heavy (non-hydrogen) atoms. The third-order valence-corrected chi connectivity index (χ3v) is 8.30. The summed E-state index contributed by atoms with van der Waals surface area (Å²) in [5.41, 5.74) is 2.27. The number of ether oxygens (including phenoxy) is 3. The van der Waals surface area contributed by atoms with Crippen LogP contribution >= 0.6 is 0 Å². The molecule has 1 amide bonds. The summed E-state index contributed by atoms with van der Waals surface area (Å²) >= 11 is 0. The Kier molecular flexibility index (Phi) is 4.09. The predicted octanol–water partition coefficient (Wildman–Crippen LogP) is 1.93. The van der Waals surface area contributed by atoms with Gasteiger partial charge in [0.15, 0.2) is 11.5 Å². The Morgan fingerprint density at radius 3 is 2.68 bits per heavy atom. The lowest BCUT2D eigenvalue weighted by Crippen LogP contribution is -2.66. The Labute approximate surface area is 181 Å². The van der Waals surface area contributed by atoms with Crippen molar-refractivity contribution in [2.45, 2.75) is 36.8 Å². The number of hydrogen-bond acceptors (Lipinski definition) is 6. The number of amides is 1. The number of ketones is 1. The summed E-state index contributed by atoms with van der Waals surface area (Å²) < 4.78 is 17.4. The molecule has 1 saturated carbocycles. The van der Waals surface area contributed by atoms with Crippen molar-refractivity contribution in [1.29, 1.82) is 0 Å². The molecule has 1 aromatic carbocycles. The molecule has 5 aliphatic rings. The minimum Gasteiger partial charge on any atom is -0.493 e. The fourth-order valence-corrected chi connectivity index (χ4v) is 7.01. The van der Waals surface area contributed by atoms with E-state index in [2.05, 4.69) is 18.0 Å². The average molecular weight is 424 g/mol. The molecule has 2 unspecified atom stereocenters. The third kappa shape index (κ3) is 2.36. The van der Waals surface area contributed by atoms with Crippen LogP contribution in [0, 0.1) is 11.8 Å². The normalized spacial score (nSPS) is 36.2. The Bertz CT molecular complexity index is 1020. The van der Waals surface area contributed by atoms with E-state index < -0.39 is 5.41 Å². The maximum Gasteiger partial charge on any atom is 0.229 e. The summed E-state index contributed by atoms with van der Waals surface area (Å²) in [6, 6.07) is 3.61. The quantitative estimate of drug-likeness (QED) is 0.676. The summed E-state index contributed by atoms with van der Waals surface area (Å²) in [5.74, 6) is 1.68. The first-order valence-electron chi connectivity index (χ1n) is 11.1. The highest BCUT2D eigenvalue weighted by atomic mass is 16.5. The van der Waals surface area contributed by atoms with Gasteiger partial charge in [-0.05, 0) is 37.6 Å². The van der Waals surface area contributed by atoms with Gasteiger partial charge >= 0.3 is 0 Å². The lowest BCUT2D eigenvalue weighted by molar-refractivity contribution is -0.140. The summed E-state index contributed by atoms with van der Waals surface area (Å²) in [7, 11) is 5.32. The van der Waals surface area contributed by atoms with Crippen LogP contribution in [0.3, 0.4) is 0 Å². The number of nitrogens with zero attached hydrogens (tertiary/aromatic N) is 2. The standard InChI is InChI=1S/C24H28N2O5/c1-25-6-5-24-15-9-17(29-2)18(30-3)10-16(15)26-21(28)11-19-22(23(24)26)14(8-20(24)27)13(12-25)4-7-31-19/h4,9-10,14,19,22-23H,5-8,11-12H2,1-3H3/t14-,19-,22-,23?,24?/m0/s1. The molecule has 7 heteroatoms. The third-order valence-electron chi connectivity index (χ3n) is 8.30. The second kappa shape index (κ2) is 6.56. The molecule has 4 bridgehead atoms. The highest BCUT2D eigenvalue weighted by molar-refractivity contribution is 6.06. The Balaban J connectivity index is 1.65. The maximum atomic E-state index is 14.0. The molecule has 7 nitrogen and oxygen atoms in total. The van der Waals surface area contributed by atoms with Crippen molar-refractivity contribution >= 4 is 17.4 Å². The number of carbonyl (C=O) groups is 2. The lowest BCUT2D eigenvalue weighted by Gasteiger charge is -2.53. The van der Waals surface area contributed by atoms with Gasteiger partial charge in [-0.3, -0.25) is 9.59 Å². The van der Waals surface area contributed by atoms with E-state index >= 15 is 0 Å². The van der Waals surface area contributed by atoms with Crippen molar-refractivity contribution in [3.8, 4) is 11.5 Å². The Morgan fingerprint density at radius 1 is 1.13 bits per heavy atom. The zero-order valence-electron chi connectivity index (χ0n) is 18.2. The van der Waals surface area contributed by atoms with Crippen molar-refractivity contribution < 1.29 is 23.8 Å². The Morgan fingerprint density at radius 2 is 1.90 bits per heavy atom. The number of fused-ring (bicyclic) bond motifs is 2. The van der Waals surface area contributed by atoms with Crippen LogP contribution in [-0.4, -0.2) is 69.7 Å². The minimum atomic E-state index is -0.734. The molecule has 1 aromatic rings. The van der Waals surface area contributed by atoms with Crippen LogP contribution in [0.5, 0.6) is 11.5 Å². The number of anilines is 1. The molecular weight excluding hydrogens is 396 g/mol. The summed E-state index contributed by atoms with van der Waals surface area (Å²) in [4.78, 5) is 31.7. The number of Topliss-reactive ketones (excluding diaryl/α,β-unsaturated/α-hetero) is 1.